The predicted octanol–water partition coefficient (Wildman–Crippen LogP) is 3.23. The van der Waals surface area contributed by atoms with Gasteiger partial charge in [-0.2, -0.15) is 0 Å². The third-order valence-corrected chi connectivity index (χ3v) is 4.22. The summed E-state index contributed by atoms with van der Waals surface area (Å²) in [5.41, 5.74) is 2.89. The van der Waals surface area contributed by atoms with Gasteiger partial charge in [-0.15, -0.1) is 0 Å². The minimum Gasteiger partial charge on any atom is -0.371 e. The molecule has 0 aromatic heterocycles. The Morgan fingerprint density at radius 3 is 2.53 bits per heavy atom. The molecule has 1 N–H and O–H groups in total. The van der Waals surface area contributed by atoms with E-state index in [0.717, 1.165) is 18.1 Å². The van der Waals surface area contributed by atoms with Crippen molar-refractivity contribution in [2.45, 2.75) is 32.2 Å². The molecule has 3 heteroatoms. The number of piperidine rings is 1. The van der Waals surface area contributed by atoms with Crippen molar-refractivity contribution in [3.8, 4) is 0 Å². The Morgan fingerprint density at radius 2 is 1.94 bits per heavy atom. The molecule has 2 rings (SSSR count). The second-order valence-corrected chi connectivity index (χ2v) is 5.66. The first-order chi connectivity index (χ1) is 8.04. The lowest BCUT2D eigenvalue weighted by molar-refractivity contribution is 0.305. The van der Waals surface area contributed by atoms with Crippen LogP contribution in [0.3, 0.4) is 0 Å². The summed E-state index contributed by atoms with van der Waals surface area (Å²) in [5, 5.41) is 4.25. The summed E-state index contributed by atoms with van der Waals surface area (Å²) in [6.45, 7) is 6.64. The van der Waals surface area contributed by atoms with Crippen LogP contribution in [0.25, 0.3) is 0 Å². The maximum absolute atomic E-state index is 6.08. The Kier molecular flexibility index (Phi) is 3.64. The molecular weight excluding hydrogens is 232 g/mol. The zero-order valence-corrected chi connectivity index (χ0v) is 11.6. The van der Waals surface area contributed by atoms with E-state index in [2.05, 4.69) is 43.2 Å². The normalized spacial score (nSPS) is 19.4. The molecule has 17 heavy (non-hydrogen) atoms. The molecule has 0 aliphatic carbocycles. The van der Waals surface area contributed by atoms with Gasteiger partial charge in [-0.3, -0.25) is 0 Å². The van der Waals surface area contributed by atoms with Gasteiger partial charge in [0.2, 0.25) is 0 Å². The number of hydrogen-bond donors (Lipinski definition) is 1. The van der Waals surface area contributed by atoms with E-state index in [0.29, 0.717) is 5.54 Å². The van der Waals surface area contributed by atoms with E-state index in [9.17, 15) is 0 Å². The molecule has 0 spiro atoms. The minimum absolute atomic E-state index is 0.295. The first-order valence-corrected chi connectivity index (χ1v) is 6.62. The molecular formula is C14H21ClN2. The number of benzene rings is 1. The number of anilines is 1. The van der Waals surface area contributed by atoms with Crippen LogP contribution in [-0.2, 0) is 0 Å². The number of nitrogens with zero attached hydrogens (tertiary/aromatic N) is 1. The van der Waals surface area contributed by atoms with Crippen molar-refractivity contribution in [1.29, 1.82) is 0 Å². The van der Waals surface area contributed by atoms with E-state index in [1.165, 1.54) is 24.1 Å². The highest BCUT2D eigenvalue weighted by molar-refractivity contribution is 6.30. The summed E-state index contributed by atoms with van der Waals surface area (Å²) in [6.07, 6.45) is 2.35. The second-order valence-electron chi connectivity index (χ2n) is 5.23. The number of halogens is 1. The molecule has 1 fully saturated rings. The molecule has 1 saturated heterocycles. The third-order valence-electron chi connectivity index (χ3n) is 3.98. The quantitative estimate of drug-likeness (QED) is 0.870. The Hall–Kier alpha value is -0.730. The lowest BCUT2D eigenvalue weighted by Gasteiger charge is -2.41. The van der Waals surface area contributed by atoms with Gasteiger partial charge in [0.25, 0.3) is 0 Å². The Balaban J connectivity index is 2.13. The van der Waals surface area contributed by atoms with E-state index in [1.54, 1.807) is 0 Å². The third kappa shape index (κ3) is 2.75. The first kappa shape index (κ1) is 12.7. The topological polar surface area (TPSA) is 15.3 Å². The first-order valence-electron chi connectivity index (χ1n) is 6.24. The minimum atomic E-state index is 0.295. The molecule has 0 radical (unpaired) electrons. The zero-order valence-electron chi connectivity index (χ0n) is 10.9. The molecule has 94 valence electrons. The van der Waals surface area contributed by atoms with Crippen molar-refractivity contribution in [2.75, 3.05) is 25.0 Å². The standard InChI is InChI=1S/C14H21ClN2/c1-11-4-5-12(15)10-13(11)17-8-6-14(2,16-3)7-9-17/h4-5,10,16H,6-9H2,1-3H3. The fourth-order valence-corrected chi connectivity index (χ4v) is 2.58. The fraction of sp³-hybridized carbons (Fsp3) is 0.571. The largest absolute Gasteiger partial charge is 0.371 e. The zero-order chi connectivity index (χ0) is 12.5. The smallest absolute Gasteiger partial charge is 0.0426 e. The number of hydrogen-bond acceptors (Lipinski definition) is 2. The van der Waals surface area contributed by atoms with Crippen molar-refractivity contribution in [3.63, 3.8) is 0 Å². The SMILES string of the molecule is CNC1(C)CCN(c2cc(Cl)ccc2C)CC1. The number of nitrogens with one attached hydrogen (secondary N) is 1. The average Bonchev–Trinajstić information content (AvgIpc) is 2.34. The van der Waals surface area contributed by atoms with Gasteiger partial charge in [0.15, 0.2) is 0 Å². The van der Waals surface area contributed by atoms with Gasteiger partial charge in [0.1, 0.15) is 0 Å². The van der Waals surface area contributed by atoms with E-state index in [-0.39, 0.29) is 0 Å². The van der Waals surface area contributed by atoms with Gasteiger partial charge < -0.3 is 10.2 Å². The van der Waals surface area contributed by atoms with Gasteiger partial charge in [0.05, 0.1) is 0 Å². The van der Waals surface area contributed by atoms with Crippen molar-refractivity contribution >= 4 is 17.3 Å². The monoisotopic (exact) mass is 252 g/mol. The van der Waals surface area contributed by atoms with Gasteiger partial charge in [-0.25, -0.2) is 0 Å². The number of aryl methyl sites for hydroxylation is 1. The van der Waals surface area contributed by atoms with Crippen LogP contribution >= 0.6 is 11.6 Å². The van der Waals surface area contributed by atoms with Crippen LogP contribution in [0.1, 0.15) is 25.3 Å². The van der Waals surface area contributed by atoms with E-state index in [1.807, 2.05) is 6.07 Å². The van der Waals surface area contributed by atoms with Crippen LogP contribution in [0.15, 0.2) is 18.2 Å². The molecule has 0 atom stereocenters. The van der Waals surface area contributed by atoms with Crippen LogP contribution in [0.2, 0.25) is 5.02 Å². The lowest BCUT2D eigenvalue weighted by Crippen LogP contribution is -2.50. The predicted molar refractivity (Wildman–Crippen MR) is 75.1 cm³/mol. The van der Waals surface area contributed by atoms with Crippen molar-refractivity contribution in [1.82, 2.24) is 5.32 Å². The highest BCUT2D eigenvalue weighted by Crippen LogP contribution is 2.29. The number of rotatable bonds is 2. The Morgan fingerprint density at radius 1 is 1.29 bits per heavy atom. The van der Waals surface area contributed by atoms with Crippen LogP contribution < -0.4 is 10.2 Å². The van der Waals surface area contributed by atoms with Crippen molar-refractivity contribution in [3.05, 3.63) is 28.8 Å². The van der Waals surface area contributed by atoms with Gasteiger partial charge in [-0.05, 0) is 51.4 Å². The molecule has 2 nitrogen and oxygen atoms in total. The molecule has 0 saturated carbocycles. The molecule has 1 aliphatic heterocycles. The van der Waals surface area contributed by atoms with Crippen LogP contribution in [0, 0.1) is 6.92 Å². The Bertz CT molecular complexity index is 395. The lowest BCUT2D eigenvalue weighted by atomic mass is 9.89. The molecule has 1 heterocycles. The molecule has 0 amide bonds. The fourth-order valence-electron chi connectivity index (χ4n) is 2.41. The second kappa shape index (κ2) is 4.87. The van der Waals surface area contributed by atoms with E-state index >= 15 is 0 Å². The van der Waals surface area contributed by atoms with E-state index in [4.69, 9.17) is 11.6 Å². The molecule has 1 aromatic carbocycles. The van der Waals surface area contributed by atoms with Crippen molar-refractivity contribution < 1.29 is 0 Å². The van der Waals surface area contributed by atoms with E-state index < -0.39 is 0 Å². The summed E-state index contributed by atoms with van der Waals surface area (Å²) in [6, 6.07) is 6.14. The summed E-state index contributed by atoms with van der Waals surface area (Å²) in [7, 11) is 2.06. The molecule has 1 aromatic rings. The molecule has 1 aliphatic rings. The van der Waals surface area contributed by atoms with Crippen LogP contribution in [0.5, 0.6) is 0 Å². The highest BCUT2D eigenvalue weighted by Gasteiger charge is 2.28. The summed E-state index contributed by atoms with van der Waals surface area (Å²) >= 11 is 6.08. The molecule has 0 bridgehead atoms. The van der Waals surface area contributed by atoms with Crippen LogP contribution in [-0.4, -0.2) is 25.7 Å². The highest BCUT2D eigenvalue weighted by atomic mass is 35.5. The molecule has 0 unspecified atom stereocenters. The Labute approximate surface area is 109 Å². The summed E-state index contributed by atoms with van der Waals surface area (Å²) in [5.74, 6) is 0. The van der Waals surface area contributed by atoms with Gasteiger partial charge >= 0.3 is 0 Å². The van der Waals surface area contributed by atoms with Gasteiger partial charge in [0, 0.05) is 29.3 Å². The maximum atomic E-state index is 6.08. The van der Waals surface area contributed by atoms with Gasteiger partial charge in [-0.1, -0.05) is 17.7 Å². The summed E-state index contributed by atoms with van der Waals surface area (Å²) < 4.78 is 0. The van der Waals surface area contributed by atoms with Crippen LogP contribution in [0.4, 0.5) is 5.69 Å². The maximum Gasteiger partial charge on any atom is 0.0426 e. The summed E-state index contributed by atoms with van der Waals surface area (Å²) in [4.78, 5) is 2.44. The average molecular weight is 253 g/mol. The van der Waals surface area contributed by atoms with Crippen molar-refractivity contribution in [2.24, 2.45) is 0 Å².